The molecule has 2 aliphatic heterocycles. The SMILES string of the molecule is Cc1ccc2c(c1)oc1c(O[C@@H]3C[C@H]4C(=O)N[C@]5(C(=O)NS(=O)(=O)C6(C)CC6)C[C@H]5/C=C\CCCCC[C@H](NC(=O)OC5CCCC5)C(=O)N4C3)cc(-c3nc(C(C)C)cs3)nc12. The molecule has 0 spiro atoms. The van der Waals surface area contributed by atoms with Crippen molar-refractivity contribution in [3.8, 4) is 16.5 Å². The van der Waals surface area contributed by atoms with E-state index in [9.17, 15) is 27.6 Å². The van der Waals surface area contributed by atoms with Gasteiger partial charge in [0.15, 0.2) is 11.3 Å². The highest BCUT2D eigenvalue weighted by atomic mass is 32.2. The van der Waals surface area contributed by atoms with Crippen LogP contribution >= 0.6 is 11.3 Å². The summed E-state index contributed by atoms with van der Waals surface area (Å²) in [6, 6.07) is 5.52. The lowest BCUT2D eigenvalue weighted by Crippen LogP contribution is -2.58. The number of carbonyl (C=O) groups excluding carboxylic acids is 4. The van der Waals surface area contributed by atoms with Crippen molar-refractivity contribution in [2.75, 3.05) is 6.54 Å². The van der Waals surface area contributed by atoms with Crippen LogP contribution in [0.15, 0.2) is 46.2 Å². The Hall–Kier alpha value is -5.03. The molecule has 1 aromatic carbocycles. The van der Waals surface area contributed by atoms with Crippen LogP contribution in [0, 0.1) is 12.8 Å². The fourth-order valence-electron chi connectivity index (χ4n) is 9.14. The summed E-state index contributed by atoms with van der Waals surface area (Å²) < 4.78 is 46.8. The van der Waals surface area contributed by atoms with Gasteiger partial charge in [-0.25, -0.2) is 23.2 Å². The molecule has 1 saturated heterocycles. The average Bonchev–Trinajstić information content (AvgIpc) is 3.72. The van der Waals surface area contributed by atoms with Gasteiger partial charge in [0.2, 0.25) is 21.8 Å². The van der Waals surface area contributed by atoms with Gasteiger partial charge in [-0.3, -0.25) is 19.1 Å². The molecule has 15 nitrogen and oxygen atoms in total. The van der Waals surface area contributed by atoms with Crippen molar-refractivity contribution in [1.29, 1.82) is 0 Å². The summed E-state index contributed by atoms with van der Waals surface area (Å²) in [5, 5.41) is 9.30. The van der Waals surface area contributed by atoms with Gasteiger partial charge in [0.1, 0.15) is 51.6 Å². The molecule has 5 aliphatic rings. The molecule has 3 aromatic heterocycles. The number of rotatable bonds is 9. The number of carbonyl (C=O) groups is 4. The number of furan rings is 1. The number of hydrogen-bond acceptors (Lipinski definition) is 12. The molecule has 3 saturated carbocycles. The highest BCUT2D eigenvalue weighted by Crippen LogP contribution is 2.48. The monoisotopic (exact) mass is 900 g/mol. The van der Waals surface area contributed by atoms with E-state index in [1.165, 1.54) is 16.2 Å². The van der Waals surface area contributed by atoms with E-state index in [-0.39, 0.29) is 31.4 Å². The molecular formula is C46H56N6O9S2. The molecule has 0 radical (unpaired) electrons. The molecule has 5 atom stereocenters. The molecule has 4 fully saturated rings. The lowest BCUT2D eigenvalue weighted by molar-refractivity contribution is -0.141. The number of hydrogen-bond donors (Lipinski definition) is 3. The average molecular weight is 901 g/mol. The van der Waals surface area contributed by atoms with Crippen molar-refractivity contribution in [1.82, 2.24) is 30.2 Å². The minimum absolute atomic E-state index is 0.0264. The number of aryl methyl sites for hydroxylation is 1. The summed E-state index contributed by atoms with van der Waals surface area (Å²) in [6.45, 7) is 7.70. The van der Waals surface area contributed by atoms with Gasteiger partial charge in [-0.15, -0.1) is 11.3 Å². The number of ether oxygens (including phenoxy) is 2. The number of fused-ring (bicyclic) bond motifs is 5. The highest BCUT2D eigenvalue weighted by molar-refractivity contribution is 7.91. The molecule has 9 rings (SSSR count). The standard InChI is InChI=1S/C46H56N6O9S2/c1-26(2)34-25-62-41(48-34)33-22-37(39-38(47-33)31-17-16-27(3)20-36(31)61-39)59-30-21-35-40(53)50-46(43(55)51-63(57,58)45(4)18-19-45)23-28(46)12-8-6-5-7-9-15-32(42(54)52(35)24-30)49-44(56)60-29-13-10-11-14-29/h8,12,16-17,20,22,25-26,28-30,32,35H,5-7,9-11,13-15,18-19,21,23-24H2,1-4H3,(H,49,56)(H,50,53)(H,51,55)/b12-8-/t28-,30-,32+,35+,46-/m1/s1. The van der Waals surface area contributed by atoms with Crippen LogP contribution in [-0.4, -0.2) is 88.2 Å². The van der Waals surface area contributed by atoms with Crippen molar-refractivity contribution in [2.45, 2.75) is 152 Å². The number of amides is 4. The first-order valence-electron chi connectivity index (χ1n) is 22.4. The number of sulfonamides is 1. The molecule has 17 heteroatoms. The number of allylic oxidation sites excluding steroid dienone is 1. The van der Waals surface area contributed by atoms with E-state index in [1.54, 1.807) is 13.0 Å². The molecular weight excluding hydrogens is 845 g/mol. The normalized spacial score (nSPS) is 27.0. The summed E-state index contributed by atoms with van der Waals surface area (Å²) in [7, 11) is -4.01. The summed E-state index contributed by atoms with van der Waals surface area (Å²) in [6.07, 6.45) is 9.96. The summed E-state index contributed by atoms with van der Waals surface area (Å²) in [5.74, 6) is -1.77. The van der Waals surface area contributed by atoms with E-state index in [4.69, 9.17) is 23.9 Å². The van der Waals surface area contributed by atoms with Gasteiger partial charge >= 0.3 is 6.09 Å². The number of alkyl carbamates (subject to hydrolysis) is 1. The van der Waals surface area contributed by atoms with E-state index in [0.29, 0.717) is 65.2 Å². The van der Waals surface area contributed by atoms with Gasteiger partial charge in [-0.1, -0.05) is 44.9 Å². The first-order chi connectivity index (χ1) is 30.1. The van der Waals surface area contributed by atoms with Gasteiger partial charge in [0.05, 0.1) is 17.0 Å². The predicted octanol–water partition coefficient (Wildman–Crippen LogP) is 7.32. The van der Waals surface area contributed by atoms with Crippen LogP contribution in [-0.2, 0) is 29.1 Å². The molecule has 4 aromatic rings. The van der Waals surface area contributed by atoms with Gasteiger partial charge < -0.3 is 29.4 Å². The Kier molecular flexibility index (Phi) is 11.6. The van der Waals surface area contributed by atoms with Crippen LogP contribution in [0.4, 0.5) is 4.79 Å². The first-order valence-corrected chi connectivity index (χ1v) is 24.8. The van der Waals surface area contributed by atoms with Crippen molar-refractivity contribution in [3.05, 3.63) is 53.1 Å². The quantitative estimate of drug-likeness (QED) is 0.142. The van der Waals surface area contributed by atoms with Gasteiger partial charge in [-0.2, -0.15) is 0 Å². The van der Waals surface area contributed by atoms with Gasteiger partial charge in [0, 0.05) is 29.2 Å². The summed E-state index contributed by atoms with van der Waals surface area (Å²) in [5.41, 5.74) is 2.60. The van der Waals surface area contributed by atoms with Crippen molar-refractivity contribution >= 4 is 67.2 Å². The molecule has 336 valence electrons. The highest BCUT2D eigenvalue weighted by Gasteiger charge is 2.63. The Labute approximate surface area is 371 Å². The molecule has 5 heterocycles. The summed E-state index contributed by atoms with van der Waals surface area (Å²) >= 11 is 1.48. The second-order valence-corrected chi connectivity index (χ2v) is 21.8. The lowest BCUT2D eigenvalue weighted by atomic mass is 10.0. The molecule has 0 unspecified atom stereocenters. The number of nitrogens with one attached hydrogen (secondary N) is 3. The number of aromatic nitrogens is 2. The van der Waals surface area contributed by atoms with E-state index in [0.717, 1.165) is 55.2 Å². The minimum atomic E-state index is -4.01. The fraction of sp³-hybridized carbons (Fsp3) is 0.565. The summed E-state index contributed by atoms with van der Waals surface area (Å²) in [4.78, 5) is 68.3. The second-order valence-electron chi connectivity index (χ2n) is 18.7. The van der Waals surface area contributed by atoms with Crippen LogP contribution in [0.3, 0.4) is 0 Å². The Balaban J connectivity index is 1.06. The fourth-order valence-corrected chi connectivity index (χ4v) is 11.4. The molecule has 3 aliphatic carbocycles. The van der Waals surface area contributed by atoms with Crippen LogP contribution in [0.2, 0.25) is 0 Å². The minimum Gasteiger partial charge on any atom is -0.484 e. The van der Waals surface area contributed by atoms with Gasteiger partial charge in [0.25, 0.3) is 5.91 Å². The van der Waals surface area contributed by atoms with Crippen molar-refractivity contribution < 1.29 is 41.5 Å². The molecule has 4 amide bonds. The van der Waals surface area contributed by atoms with Crippen molar-refractivity contribution in [3.63, 3.8) is 0 Å². The number of thiazole rings is 1. The van der Waals surface area contributed by atoms with Gasteiger partial charge in [-0.05, 0) is 102 Å². The third kappa shape index (κ3) is 8.66. The number of pyridine rings is 1. The van der Waals surface area contributed by atoms with Crippen LogP contribution in [0.25, 0.3) is 32.8 Å². The number of nitrogens with zero attached hydrogens (tertiary/aromatic N) is 3. The van der Waals surface area contributed by atoms with E-state index >= 15 is 0 Å². The maximum absolute atomic E-state index is 14.9. The topological polar surface area (TPSA) is 199 Å². The largest absolute Gasteiger partial charge is 0.484 e. The molecule has 0 bridgehead atoms. The third-order valence-corrected chi connectivity index (χ3v) is 16.6. The molecule has 3 N–H and O–H groups in total. The Morgan fingerprint density at radius 3 is 2.56 bits per heavy atom. The second kappa shape index (κ2) is 16.8. The lowest BCUT2D eigenvalue weighted by Gasteiger charge is -2.30. The Morgan fingerprint density at radius 1 is 1.03 bits per heavy atom. The maximum Gasteiger partial charge on any atom is 0.408 e. The third-order valence-electron chi connectivity index (χ3n) is 13.5. The Bertz CT molecular complexity index is 2590. The van der Waals surface area contributed by atoms with Crippen molar-refractivity contribution in [2.24, 2.45) is 5.92 Å². The van der Waals surface area contributed by atoms with E-state index < -0.39 is 68.2 Å². The van der Waals surface area contributed by atoms with E-state index in [1.807, 2.05) is 42.7 Å². The zero-order valence-corrected chi connectivity index (χ0v) is 37.9. The predicted molar refractivity (Wildman–Crippen MR) is 238 cm³/mol. The van der Waals surface area contributed by atoms with Crippen LogP contribution in [0.5, 0.6) is 5.75 Å². The first kappa shape index (κ1) is 43.2. The number of benzene rings is 1. The maximum atomic E-state index is 14.9. The zero-order valence-electron chi connectivity index (χ0n) is 36.2. The zero-order chi connectivity index (χ0) is 44.3. The Morgan fingerprint density at radius 2 is 1.81 bits per heavy atom. The van der Waals surface area contributed by atoms with Crippen LogP contribution in [0.1, 0.15) is 121 Å². The smallest absolute Gasteiger partial charge is 0.408 e. The molecule has 63 heavy (non-hydrogen) atoms. The van der Waals surface area contributed by atoms with E-state index in [2.05, 4.69) is 29.2 Å². The van der Waals surface area contributed by atoms with Crippen LogP contribution < -0.4 is 20.1 Å².